The molecule has 0 aliphatic carbocycles. The second kappa shape index (κ2) is 22.2. The first-order valence-corrected chi connectivity index (χ1v) is 16.0. The molecule has 0 saturated heterocycles. The maximum Gasteiger partial charge on any atom is -0.0326 e. The maximum atomic E-state index is 2.35. The molecule has 0 aliphatic rings. The van der Waals surface area contributed by atoms with Gasteiger partial charge in [-0.15, -0.1) is 15.8 Å². The van der Waals surface area contributed by atoms with Crippen LogP contribution < -0.4 is 0 Å². The molecule has 0 saturated carbocycles. The van der Waals surface area contributed by atoms with Gasteiger partial charge in [0, 0.05) is 0 Å². The van der Waals surface area contributed by atoms with E-state index in [0.29, 0.717) is 15.8 Å². The van der Waals surface area contributed by atoms with Gasteiger partial charge in [0.25, 0.3) is 0 Å². The number of rotatable bonds is 21. The Bertz CT molecular complexity index is 209. The van der Waals surface area contributed by atoms with Crippen molar-refractivity contribution in [2.24, 2.45) is 0 Å². The summed E-state index contributed by atoms with van der Waals surface area (Å²) in [5, 5.41) is 0. The smallest absolute Gasteiger partial charge is 0.0326 e. The molecule has 158 valence electrons. The van der Waals surface area contributed by atoms with Crippen LogP contribution in [-0.4, -0.2) is 37.0 Å². The zero-order valence-electron chi connectivity index (χ0n) is 19.0. The van der Waals surface area contributed by atoms with Crippen LogP contribution >= 0.6 is 15.8 Å². The molecule has 0 heterocycles. The predicted molar refractivity (Wildman–Crippen MR) is 130 cm³/mol. The molecule has 0 amide bonds. The number of unbranched alkanes of at least 4 members (excludes halogenated alkanes) is 9. The fourth-order valence-electron chi connectivity index (χ4n) is 3.68. The van der Waals surface area contributed by atoms with E-state index in [2.05, 4.69) is 27.7 Å². The lowest BCUT2D eigenvalue weighted by Gasteiger charge is -2.20. The van der Waals surface area contributed by atoms with Gasteiger partial charge in [-0.1, -0.05) is 79.1 Å². The Kier molecular flexibility index (Phi) is 22.9. The van der Waals surface area contributed by atoms with Crippen molar-refractivity contribution in [3.63, 3.8) is 0 Å². The van der Waals surface area contributed by atoms with Crippen molar-refractivity contribution in [1.29, 1.82) is 0 Å². The van der Waals surface area contributed by atoms with Crippen molar-refractivity contribution >= 4 is 15.8 Å². The van der Waals surface area contributed by atoms with E-state index in [1.807, 2.05) is 0 Å². The lowest BCUT2D eigenvalue weighted by molar-refractivity contribution is 0.755. The van der Waals surface area contributed by atoms with Crippen LogP contribution in [0.25, 0.3) is 0 Å². The average molecular weight is 403 g/mol. The molecule has 0 aromatic heterocycles. The summed E-state index contributed by atoms with van der Waals surface area (Å²) in [7, 11) is 0.730. The maximum absolute atomic E-state index is 2.35. The van der Waals surface area contributed by atoms with E-state index in [1.54, 1.807) is 49.8 Å². The zero-order valence-corrected chi connectivity index (χ0v) is 20.8. The van der Waals surface area contributed by atoms with Gasteiger partial charge in [-0.3, -0.25) is 0 Å². The normalized spacial score (nSPS) is 11.8. The molecule has 0 nitrogen and oxygen atoms in total. The first-order chi connectivity index (χ1) is 12.8. The van der Waals surface area contributed by atoms with Crippen molar-refractivity contribution < 1.29 is 0 Å². The van der Waals surface area contributed by atoms with E-state index in [4.69, 9.17) is 0 Å². The second-order valence-electron chi connectivity index (χ2n) is 8.22. The fraction of sp³-hybridized carbons (Fsp3) is 1.00. The van der Waals surface area contributed by atoms with Crippen LogP contribution in [0.5, 0.6) is 0 Å². The Labute approximate surface area is 170 Å². The van der Waals surface area contributed by atoms with Crippen LogP contribution in [0.15, 0.2) is 0 Å². The quantitative estimate of drug-likeness (QED) is 0.132. The molecule has 0 aromatic rings. The molecule has 0 radical (unpaired) electrons. The van der Waals surface area contributed by atoms with E-state index in [1.165, 1.54) is 77.0 Å². The van der Waals surface area contributed by atoms with Crippen LogP contribution in [0.3, 0.4) is 0 Å². The molecule has 0 bridgehead atoms. The van der Waals surface area contributed by atoms with Crippen LogP contribution in [-0.2, 0) is 0 Å². The minimum absolute atomic E-state index is 0.365. The van der Waals surface area contributed by atoms with Crippen LogP contribution in [0.4, 0.5) is 0 Å². The molecule has 0 atom stereocenters. The van der Waals surface area contributed by atoms with E-state index < -0.39 is 0 Å². The molecule has 26 heavy (non-hydrogen) atoms. The summed E-state index contributed by atoms with van der Waals surface area (Å²) in [6.07, 6.45) is 30.0. The summed E-state index contributed by atoms with van der Waals surface area (Å²) in [6.45, 7) is 9.38. The lowest BCUT2D eigenvalue weighted by atomic mass is 10.3. The molecular weight excluding hydrogens is 350 g/mol. The largest absolute Gasteiger partial charge is 0.107 e. The lowest BCUT2D eigenvalue weighted by Crippen LogP contribution is -2.00. The first-order valence-electron chi connectivity index (χ1n) is 12.2. The Hall–Kier alpha value is 0.860. The van der Waals surface area contributed by atoms with Gasteiger partial charge in [0.05, 0.1) is 0 Å². The summed E-state index contributed by atoms with van der Waals surface area (Å²) >= 11 is 0. The molecule has 0 rings (SSSR count). The molecule has 0 spiro atoms. The molecule has 0 aromatic carbocycles. The molecule has 0 aliphatic heterocycles. The van der Waals surface area contributed by atoms with Gasteiger partial charge < -0.3 is 0 Å². The molecule has 0 fully saturated rings. The second-order valence-corrected chi connectivity index (χ2v) is 13.6. The Morgan fingerprint density at radius 1 is 0.308 bits per heavy atom. The van der Waals surface area contributed by atoms with Crippen LogP contribution in [0.1, 0.15) is 118 Å². The van der Waals surface area contributed by atoms with Gasteiger partial charge in [-0.05, 0) is 75.5 Å². The molecular formula is C24H52P2. The van der Waals surface area contributed by atoms with Crippen molar-refractivity contribution in [2.45, 2.75) is 118 Å². The van der Waals surface area contributed by atoms with Crippen LogP contribution in [0, 0.1) is 0 Å². The topological polar surface area (TPSA) is 0 Å². The van der Waals surface area contributed by atoms with Crippen molar-refractivity contribution in [3.8, 4) is 0 Å². The van der Waals surface area contributed by atoms with Crippen LogP contribution in [0.2, 0.25) is 0 Å². The van der Waals surface area contributed by atoms with Gasteiger partial charge in [-0.2, -0.15) is 0 Å². The highest BCUT2D eigenvalue weighted by molar-refractivity contribution is 7.58. The Morgan fingerprint density at radius 2 is 0.500 bits per heavy atom. The highest BCUT2D eigenvalue weighted by Gasteiger charge is 2.10. The van der Waals surface area contributed by atoms with Gasteiger partial charge in [0.1, 0.15) is 0 Å². The third-order valence-corrected chi connectivity index (χ3v) is 11.2. The molecule has 0 N–H and O–H groups in total. The highest BCUT2D eigenvalue weighted by atomic mass is 31.1. The van der Waals surface area contributed by atoms with Gasteiger partial charge >= 0.3 is 0 Å². The highest BCUT2D eigenvalue weighted by Crippen LogP contribution is 2.42. The summed E-state index contributed by atoms with van der Waals surface area (Å²) in [5.41, 5.74) is 0. The predicted octanol–water partition coefficient (Wildman–Crippen LogP) is 9.49. The monoisotopic (exact) mass is 402 g/mol. The number of hydrogen-bond acceptors (Lipinski definition) is 0. The van der Waals surface area contributed by atoms with Gasteiger partial charge in [-0.25, -0.2) is 0 Å². The summed E-state index contributed by atoms with van der Waals surface area (Å²) in [4.78, 5) is 0. The third kappa shape index (κ3) is 18.2. The zero-order chi connectivity index (χ0) is 19.3. The minimum atomic E-state index is 0.365. The van der Waals surface area contributed by atoms with Gasteiger partial charge in [0.15, 0.2) is 0 Å². The van der Waals surface area contributed by atoms with Crippen molar-refractivity contribution in [2.75, 3.05) is 37.0 Å². The summed E-state index contributed by atoms with van der Waals surface area (Å²) in [5.74, 6) is 0. The fourth-order valence-corrected chi connectivity index (χ4v) is 9.05. The molecule has 2 heteroatoms. The summed E-state index contributed by atoms with van der Waals surface area (Å²) in [6, 6.07) is 0. The van der Waals surface area contributed by atoms with Crippen molar-refractivity contribution in [3.05, 3.63) is 0 Å². The van der Waals surface area contributed by atoms with Gasteiger partial charge in [0.2, 0.25) is 0 Å². The van der Waals surface area contributed by atoms with E-state index in [0.717, 1.165) is 0 Å². The average Bonchev–Trinajstić information content (AvgIpc) is 2.64. The van der Waals surface area contributed by atoms with E-state index in [9.17, 15) is 0 Å². The molecule has 0 unspecified atom stereocenters. The van der Waals surface area contributed by atoms with E-state index >= 15 is 0 Å². The number of hydrogen-bond donors (Lipinski definition) is 0. The minimum Gasteiger partial charge on any atom is -0.107 e. The third-order valence-electron chi connectivity index (χ3n) is 5.51. The Balaban J connectivity index is 4.04. The Morgan fingerprint density at radius 3 is 0.692 bits per heavy atom. The van der Waals surface area contributed by atoms with Crippen molar-refractivity contribution in [1.82, 2.24) is 0 Å². The first kappa shape index (κ1) is 26.9. The standard InChI is InChI=1S/C24H52P2/c1-5-9-13-19-25(20-14-10-6-2)23-17-18-24-26(21-15-11-7-3)22-16-12-8-4/h5-24H2,1-4H3. The SMILES string of the molecule is CCCCCP(CCCCC)CCCCP(CCCCC)CCCCC. The van der Waals surface area contributed by atoms with E-state index in [-0.39, 0.29) is 0 Å². The summed E-state index contributed by atoms with van der Waals surface area (Å²) < 4.78 is 0.